The lowest BCUT2D eigenvalue weighted by molar-refractivity contribution is -0.134. The maximum atomic E-state index is 12.5. The van der Waals surface area contributed by atoms with E-state index in [2.05, 4.69) is 31.7 Å². The molecule has 0 bridgehead atoms. The quantitative estimate of drug-likeness (QED) is 0.558. The zero-order chi connectivity index (χ0) is 21.0. The molecule has 3 rings (SSSR count). The second-order valence-corrected chi connectivity index (χ2v) is 8.09. The summed E-state index contributed by atoms with van der Waals surface area (Å²) in [5.74, 6) is -1.27. The Balaban J connectivity index is 2.14. The number of likely N-dealkylation sites (N-methyl/N-ethyl adjacent to an activating group) is 3. The van der Waals surface area contributed by atoms with E-state index in [0.717, 1.165) is 33.2 Å². The molecule has 0 saturated carbocycles. The number of carbonyl (C=O) groups is 3. The van der Waals surface area contributed by atoms with Crippen LogP contribution in [0.25, 0.3) is 11.6 Å². The minimum absolute atomic E-state index is 0.0865. The molecule has 148 valence electrons. The highest BCUT2D eigenvalue weighted by atomic mass is 35.5. The maximum absolute atomic E-state index is 12.5. The SMILES string of the molecule is CCN1c2cc(Cl)c(C=C3C(=O)N(C)C(=O)N(C)C3=O)cc2C(C)=CC1(C)C. The highest BCUT2D eigenvalue weighted by Crippen LogP contribution is 2.41. The van der Waals surface area contributed by atoms with Gasteiger partial charge in [-0.3, -0.25) is 19.4 Å². The lowest BCUT2D eigenvalue weighted by Crippen LogP contribution is -2.52. The number of rotatable bonds is 2. The van der Waals surface area contributed by atoms with Gasteiger partial charge in [0.2, 0.25) is 0 Å². The predicted octanol–water partition coefficient (Wildman–Crippen LogP) is 3.80. The van der Waals surface area contributed by atoms with Gasteiger partial charge in [0.15, 0.2) is 0 Å². The zero-order valence-electron chi connectivity index (χ0n) is 17.0. The van der Waals surface area contributed by atoms with Crippen molar-refractivity contribution in [2.24, 2.45) is 0 Å². The summed E-state index contributed by atoms with van der Waals surface area (Å²) in [5, 5.41) is 0.443. The molecule has 0 spiro atoms. The molecule has 7 heteroatoms. The fourth-order valence-electron chi connectivity index (χ4n) is 3.93. The van der Waals surface area contributed by atoms with E-state index in [1.54, 1.807) is 0 Å². The lowest BCUT2D eigenvalue weighted by atomic mass is 9.87. The van der Waals surface area contributed by atoms with Crippen LogP contribution in [-0.2, 0) is 9.59 Å². The number of hydrogen-bond donors (Lipinski definition) is 0. The molecule has 0 N–H and O–H groups in total. The van der Waals surface area contributed by atoms with E-state index < -0.39 is 17.8 Å². The van der Waals surface area contributed by atoms with Gasteiger partial charge in [-0.2, -0.15) is 0 Å². The summed E-state index contributed by atoms with van der Waals surface area (Å²) in [6, 6.07) is 3.12. The van der Waals surface area contributed by atoms with Crippen LogP contribution >= 0.6 is 11.6 Å². The van der Waals surface area contributed by atoms with Crippen LogP contribution in [0.15, 0.2) is 23.8 Å². The van der Waals surface area contributed by atoms with E-state index in [4.69, 9.17) is 11.6 Å². The summed E-state index contributed by atoms with van der Waals surface area (Å²) in [5.41, 5.74) is 3.47. The third-order valence-corrected chi connectivity index (χ3v) is 5.68. The van der Waals surface area contributed by atoms with E-state index in [9.17, 15) is 14.4 Å². The number of amides is 4. The van der Waals surface area contributed by atoms with Crippen molar-refractivity contribution in [1.29, 1.82) is 0 Å². The molecule has 6 nitrogen and oxygen atoms in total. The normalized spacial score (nSPS) is 19.1. The molecule has 0 aromatic heterocycles. The number of allylic oxidation sites excluding steroid dienone is 1. The Hall–Kier alpha value is -2.60. The van der Waals surface area contributed by atoms with E-state index >= 15 is 0 Å². The molecule has 1 aromatic carbocycles. The highest BCUT2D eigenvalue weighted by molar-refractivity contribution is 6.34. The Morgan fingerprint density at radius 2 is 1.64 bits per heavy atom. The second-order valence-electron chi connectivity index (χ2n) is 7.69. The van der Waals surface area contributed by atoms with Crippen molar-refractivity contribution in [3.8, 4) is 0 Å². The molecule has 1 saturated heterocycles. The van der Waals surface area contributed by atoms with Crippen molar-refractivity contribution in [2.45, 2.75) is 33.2 Å². The van der Waals surface area contributed by atoms with Crippen LogP contribution < -0.4 is 4.90 Å². The first-order valence-electron chi connectivity index (χ1n) is 9.12. The van der Waals surface area contributed by atoms with Gasteiger partial charge < -0.3 is 4.90 Å². The van der Waals surface area contributed by atoms with Crippen LogP contribution in [0.2, 0.25) is 5.02 Å². The number of fused-ring (bicyclic) bond motifs is 1. The van der Waals surface area contributed by atoms with Crippen LogP contribution in [0.3, 0.4) is 0 Å². The van der Waals surface area contributed by atoms with Crippen LogP contribution in [0.1, 0.15) is 38.8 Å². The molecule has 4 amide bonds. The Bertz CT molecular complexity index is 936. The van der Waals surface area contributed by atoms with Crippen LogP contribution in [-0.4, -0.2) is 53.8 Å². The summed E-state index contributed by atoms with van der Waals surface area (Å²) in [6.45, 7) is 9.24. The summed E-state index contributed by atoms with van der Waals surface area (Å²) in [6.07, 6.45) is 3.66. The molecule has 28 heavy (non-hydrogen) atoms. The first-order valence-corrected chi connectivity index (χ1v) is 9.50. The Kier molecular flexibility index (Phi) is 4.88. The zero-order valence-corrected chi connectivity index (χ0v) is 17.7. The molecule has 0 aliphatic carbocycles. The molecule has 0 atom stereocenters. The van der Waals surface area contributed by atoms with Crippen molar-refractivity contribution < 1.29 is 14.4 Å². The summed E-state index contributed by atoms with van der Waals surface area (Å²) in [4.78, 5) is 41.0. The number of barbiturate groups is 1. The molecule has 2 heterocycles. The third kappa shape index (κ3) is 3.02. The monoisotopic (exact) mass is 401 g/mol. The first-order chi connectivity index (χ1) is 13.0. The Morgan fingerprint density at radius 1 is 1.07 bits per heavy atom. The summed E-state index contributed by atoms with van der Waals surface area (Å²) < 4.78 is 0. The van der Waals surface area contributed by atoms with Gasteiger partial charge in [0.25, 0.3) is 11.8 Å². The number of hydrogen-bond acceptors (Lipinski definition) is 4. The number of anilines is 1. The van der Waals surface area contributed by atoms with Gasteiger partial charge in [0.1, 0.15) is 5.57 Å². The minimum atomic E-state index is -0.650. The van der Waals surface area contributed by atoms with Gasteiger partial charge in [0, 0.05) is 36.9 Å². The molecular formula is C21H24ClN3O3. The van der Waals surface area contributed by atoms with Gasteiger partial charge in [-0.05, 0) is 57.0 Å². The Labute approximate surface area is 170 Å². The fraction of sp³-hybridized carbons (Fsp3) is 0.381. The van der Waals surface area contributed by atoms with Crippen molar-refractivity contribution in [2.75, 3.05) is 25.5 Å². The van der Waals surface area contributed by atoms with E-state index in [0.29, 0.717) is 10.6 Å². The summed E-state index contributed by atoms with van der Waals surface area (Å²) in [7, 11) is 2.70. The maximum Gasteiger partial charge on any atom is 0.333 e. The number of urea groups is 1. The molecule has 2 aliphatic heterocycles. The van der Waals surface area contributed by atoms with Gasteiger partial charge in [0.05, 0.1) is 5.54 Å². The highest BCUT2D eigenvalue weighted by Gasteiger charge is 2.38. The van der Waals surface area contributed by atoms with Crippen molar-refractivity contribution >= 4 is 46.8 Å². The number of carbonyl (C=O) groups excluding carboxylic acids is 3. The number of benzene rings is 1. The van der Waals surface area contributed by atoms with Crippen molar-refractivity contribution in [3.05, 3.63) is 39.9 Å². The average molecular weight is 402 g/mol. The van der Waals surface area contributed by atoms with E-state index in [1.807, 2.05) is 19.1 Å². The van der Waals surface area contributed by atoms with E-state index in [1.165, 1.54) is 20.2 Å². The largest absolute Gasteiger partial charge is 0.363 e. The topological polar surface area (TPSA) is 60.9 Å². The van der Waals surface area contributed by atoms with Gasteiger partial charge in [-0.1, -0.05) is 17.7 Å². The molecule has 2 aliphatic rings. The second kappa shape index (κ2) is 6.78. The van der Waals surface area contributed by atoms with Gasteiger partial charge in [-0.25, -0.2) is 4.79 Å². The predicted molar refractivity (Wildman–Crippen MR) is 111 cm³/mol. The van der Waals surface area contributed by atoms with Gasteiger partial charge in [-0.15, -0.1) is 0 Å². The van der Waals surface area contributed by atoms with Crippen LogP contribution in [0.4, 0.5) is 10.5 Å². The van der Waals surface area contributed by atoms with Crippen LogP contribution in [0, 0.1) is 0 Å². The fourth-order valence-corrected chi connectivity index (χ4v) is 4.15. The number of imide groups is 2. The van der Waals surface area contributed by atoms with E-state index in [-0.39, 0.29) is 11.1 Å². The third-order valence-electron chi connectivity index (χ3n) is 5.36. The number of nitrogens with zero attached hydrogens (tertiary/aromatic N) is 3. The minimum Gasteiger partial charge on any atom is -0.363 e. The Morgan fingerprint density at radius 3 is 2.18 bits per heavy atom. The average Bonchev–Trinajstić information content (AvgIpc) is 2.62. The molecular weight excluding hydrogens is 378 g/mol. The first kappa shape index (κ1) is 20.1. The van der Waals surface area contributed by atoms with Gasteiger partial charge >= 0.3 is 6.03 Å². The molecule has 0 unspecified atom stereocenters. The summed E-state index contributed by atoms with van der Waals surface area (Å²) >= 11 is 6.53. The van der Waals surface area contributed by atoms with Crippen LogP contribution in [0.5, 0.6) is 0 Å². The lowest BCUT2D eigenvalue weighted by Gasteiger charge is -2.43. The van der Waals surface area contributed by atoms with Crippen molar-refractivity contribution in [1.82, 2.24) is 9.80 Å². The molecule has 1 aromatic rings. The number of halogens is 1. The van der Waals surface area contributed by atoms with Crippen molar-refractivity contribution in [3.63, 3.8) is 0 Å². The molecule has 0 radical (unpaired) electrons. The molecule has 1 fully saturated rings. The standard InChI is InChI=1S/C21H24ClN3O3/c1-7-25-17-10-16(22)13(8-14(17)12(2)11-21(25,3)4)9-15-18(26)23(5)20(28)24(6)19(15)27/h8-11H,7H2,1-6H3. The smallest absolute Gasteiger partial charge is 0.333 e.